The third-order valence-electron chi connectivity index (χ3n) is 5.42. The molecule has 0 spiro atoms. The number of amides is 2. The number of carboxylic acid groups (broad SMARTS) is 1. The third-order valence-corrected chi connectivity index (χ3v) is 5.42. The normalized spacial score (nSPS) is 11.2. The molecule has 0 rings (SSSR count). The molecule has 0 radical (unpaired) electrons. The molecule has 0 heterocycles. The van der Waals surface area contributed by atoms with Gasteiger partial charge in [0.2, 0.25) is 5.91 Å². The van der Waals surface area contributed by atoms with E-state index in [0.29, 0.717) is 13.0 Å². The van der Waals surface area contributed by atoms with Gasteiger partial charge < -0.3 is 20.0 Å². The summed E-state index contributed by atoms with van der Waals surface area (Å²) in [4.78, 5) is 25.8. The summed E-state index contributed by atoms with van der Waals surface area (Å²) in [6, 6.07) is 0. The molecule has 0 saturated carbocycles. The maximum Gasteiger partial charge on any atom is 0.407 e. The highest BCUT2D eigenvalue weighted by molar-refractivity contribution is 5.75. The Balaban J connectivity index is 3.55. The molecule has 0 bridgehead atoms. The minimum Gasteiger partial charge on any atom is -0.465 e. The summed E-state index contributed by atoms with van der Waals surface area (Å²) in [6.07, 6.45) is 20.1. The fourth-order valence-electron chi connectivity index (χ4n) is 3.36. The molecule has 0 atom stereocenters. The quantitative estimate of drug-likeness (QED) is 0.200. The summed E-state index contributed by atoms with van der Waals surface area (Å²) < 4.78 is 0. The van der Waals surface area contributed by atoms with Crippen molar-refractivity contribution in [2.75, 3.05) is 33.3 Å². The Morgan fingerprint density at radius 2 is 1.30 bits per heavy atom. The predicted molar refractivity (Wildman–Crippen MR) is 124 cm³/mol. The van der Waals surface area contributed by atoms with E-state index in [4.69, 9.17) is 10.2 Å². The number of nitrogens with zero attached hydrogens (tertiary/aromatic N) is 2. The van der Waals surface area contributed by atoms with Crippen molar-refractivity contribution in [1.29, 1.82) is 0 Å². The number of carbonyl (C=O) groups is 2. The van der Waals surface area contributed by atoms with Crippen LogP contribution < -0.4 is 0 Å². The van der Waals surface area contributed by atoms with E-state index < -0.39 is 6.09 Å². The molecular formula is C24H46N2O4. The van der Waals surface area contributed by atoms with Gasteiger partial charge in [0.1, 0.15) is 0 Å². The van der Waals surface area contributed by atoms with E-state index in [1.807, 2.05) is 0 Å². The van der Waals surface area contributed by atoms with Crippen LogP contribution in [0.1, 0.15) is 96.8 Å². The highest BCUT2D eigenvalue weighted by atomic mass is 16.4. The summed E-state index contributed by atoms with van der Waals surface area (Å²) >= 11 is 0. The molecule has 0 aliphatic heterocycles. The second-order valence-electron chi connectivity index (χ2n) is 8.14. The van der Waals surface area contributed by atoms with Gasteiger partial charge in [0.15, 0.2) is 0 Å². The van der Waals surface area contributed by atoms with Crippen LogP contribution in [0.4, 0.5) is 4.79 Å². The smallest absolute Gasteiger partial charge is 0.407 e. The Bertz CT molecular complexity index is 454. The molecule has 6 nitrogen and oxygen atoms in total. The SMILES string of the molecule is CCCCCCCC/C=C\CCCCCCCC(=O)N(C)CCN(CCO)C(=O)O. The molecule has 0 aromatic heterocycles. The van der Waals surface area contributed by atoms with Crippen molar-refractivity contribution in [3.8, 4) is 0 Å². The van der Waals surface area contributed by atoms with Gasteiger partial charge in [0.25, 0.3) is 0 Å². The number of likely N-dealkylation sites (N-methyl/N-ethyl adjacent to an activating group) is 1. The van der Waals surface area contributed by atoms with Crippen molar-refractivity contribution >= 4 is 12.0 Å². The molecule has 2 amide bonds. The number of allylic oxidation sites excluding steroid dienone is 2. The van der Waals surface area contributed by atoms with Crippen LogP contribution in [0.25, 0.3) is 0 Å². The molecule has 0 fully saturated rings. The van der Waals surface area contributed by atoms with Gasteiger partial charge in [-0.1, -0.05) is 70.4 Å². The van der Waals surface area contributed by atoms with Gasteiger partial charge >= 0.3 is 6.09 Å². The molecule has 176 valence electrons. The lowest BCUT2D eigenvalue weighted by molar-refractivity contribution is -0.130. The monoisotopic (exact) mass is 426 g/mol. The minimum atomic E-state index is -1.07. The summed E-state index contributed by atoms with van der Waals surface area (Å²) in [5.41, 5.74) is 0. The second-order valence-corrected chi connectivity index (χ2v) is 8.14. The predicted octanol–water partition coefficient (Wildman–Crippen LogP) is 5.45. The lowest BCUT2D eigenvalue weighted by Crippen LogP contribution is -2.40. The molecule has 30 heavy (non-hydrogen) atoms. The zero-order valence-corrected chi connectivity index (χ0v) is 19.5. The van der Waals surface area contributed by atoms with E-state index in [-0.39, 0.29) is 25.6 Å². The Morgan fingerprint density at radius 1 is 0.767 bits per heavy atom. The van der Waals surface area contributed by atoms with Crippen LogP contribution in [0, 0.1) is 0 Å². The average molecular weight is 427 g/mol. The van der Waals surface area contributed by atoms with Crippen molar-refractivity contribution in [3.63, 3.8) is 0 Å². The van der Waals surface area contributed by atoms with Crippen LogP contribution >= 0.6 is 0 Å². The summed E-state index contributed by atoms with van der Waals surface area (Å²) in [7, 11) is 1.71. The van der Waals surface area contributed by atoms with E-state index >= 15 is 0 Å². The Morgan fingerprint density at radius 3 is 1.83 bits per heavy atom. The van der Waals surface area contributed by atoms with E-state index in [1.54, 1.807) is 11.9 Å². The van der Waals surface area contributed by atoms with Crippen molar-refractivity contribution < 1.29 is 19.8 Å². The number of rotatable bonds is 20. The number of carbonyl (C=O) groups excluding carboxylic acids is 1. The first-order chi connectivity index (χ1) is 14.5. The third kappa shape index (κ3) is 17.3. The average Bonchev–Trinajstić information content (AvgIpc) is 2.73. The van der Waals surface area contributed by atoms with E-state index in [9.17, 15) is 9.59 Å². The lowest BCUT2D eigenvalue weighted by atomic mass is 10.1. The molecule has 0 unspecified atom stereocenters. The van der Waals surface area contributed by atoms with E-state index in [2.05, 4.69) is 19.1 Å². The van der Waals surface area contributed by atoms with Crippen LogP contribution in [0.15, 0.2) is 12.2 Å². The van der Waals surface area contributed by atoms with Crippen LogP contribution in [0.3, 0.4) is 0 Å². The van der Waals surface area contributed by atoms with E-state index in [1.165, 1.54) is 57.8 Å². The van der Waals surface area contributed by atoms with Gasteiger partial charge in [-0.15, -0.1) is 0 Å². The molecular weight excluding hydrogens is 380 g/mol. The van der Waals surface area contributed by atoms with E-state index in [0.717, 1.165) is 30.6 Å². The second kappa shape index (κ2) is 20.7. The number of hydrogen-bond donors (Lipinski definition) is 2. The van der Waals surface area contributed by atoms with Gasteiger partial charge in [-0.25, -0.2) is 4.79 Å². The molecule has 0 aromatic rings. The van der Waals surface area contributed by atoms with Crippen molar-refractivity contribution in [3.05, 3.63) is 12.2 Å². The molecule has 2 N–H and O–H groups in total. The summed E-state index contributed by atoms with van der Waals surface area (Å²) in [5.74, 6) is 0.0574. The highest BCUT2D eigenvalue weighted by Gasteiger charge is 2.14. The van der Waals surface area contributed by atoms with Crippen molar-refractivity contribution in [2.24, 2.45) is 0 Å². The molecule has 0 aliphatic rings. The van der Waals surface area contributed by atoms with Gasteiger partial charge in [0, 0.05) is 33.1 Å². The first-order valence-corrected chi connectivity index (χ1v) is 12.0. The maximum absolute atomic E-state index is 12.1. The fraction of sp³-hybridized carbons (Fsp3) is 0.833. The molecule has 0 saturated heterocycles. The first-order valence-electron chi connectivity index (χ1n) is 12.0. The number of hydrogen-bond acceptors (Lipinski definition) is 3. The zero-order chi connectivity index (χ0) is 22.5. The topological polar surface area (TPSA) is 81.1 Å². The molecule has 0 aliphatic carbocycles. The standard InChI is InChI=1S/C24H46N2O4/c1-3-4-5-6-7-8-9-10-11-12-13-14-15-16-17-18-23(28)25(2)19-20-26(21-22-27)24(29)30/h10-11,27H,3-9,12-22H2,1-2H3,(H,29,30)/b11-10-. The summed E-state index contributed by atoms with van der Waals surface area (Å²) in [6.45, 7) is 2.70. The Kier molecular flexibility index (Phi) is 19.6. The largest absolute Gasteiger partial charge is 0.465 e. The zero-order valence-electron chi connectivity index (χ0n) is 19.5. The summed E-state index contributed by atoms with van der Waals surface area (Å²) in [5, 5.41) is 17.9. The van der Waals surface area contributed by atoms with Crippen LogP contribution in [0.2, 0.25) is 0 Å². The molecule has 0 aromatic carbocycles. The first kappa shape index (κ1) is 28.4. The van der Waals surface area contributed by atoms with Crippen molar-refractivity contribution in [1.82, 2.24) is 9.80 Å². The van der Waals surface area contributed by atoms with Gasteiger partial charge in [-0.2, -0.15) is 0 Å². The van der Waals surface area contributed by atoms with Crippen molar-refractivity contribution in [2.45, 2.75) is 96.8 Å². The van der Waals surface area contributed by atoms with Crippen LogP contribution in [0.5, 0.6) is 0 Å². The number of aliphatic hydroxyl groups excluding tert-OH is 1. The van der Waals surface area contributed by atoms with Crippen LogP contribution in [-0.2, 0) is 4.79 Å². The fourth-order valence-corrected chi connectivity index (χ4v) is 3.36. The lowest BCUT2D eigenvalue weighted by Gasteiger charge is -2.23. The van der Waals surface area contributed by atoms with Crippen LogP contribution in [-0.4, -0.2) is 65.3 Å². The van der Waals surface area contributed by atoms with Gasteiger partial charge in [-0.05, 0) is 32.1 Å². The highest BCUT2D eigenvalue weighted by Crippen LogP contribution is 2.10. The number of aliphatic hydroxyl groups is 1. The minimum absolute atomic E-state index is 0.0574. The Hall–Kier alpha value is -1.56. The van der Waals surface area contributed by atoms with Gasteiger partial charge in [0.05, 0.1) is 6.61 Å². The Labute approximate surface area is 184 Å². The molecule has 6 heteroatoms. The number of unbranched alkanes of at least 4 members (excludes halogenated alkanes) is 11. The van der Waals surface area contributed by atoms with Gasteiger partial charge in [-0.3, -0.25) is 4.79 Å². The maximum atomic E-state index is 12.1.